The Labute approximate surface area is 63.2 Å². The van der Waals surface area contributed by atoms with E-state index in [4.69, 9.17) is 4.66 Å². The van der Waals surface area contributed by atoms with E-state index in [2.05, 4.69) is 39.6 Å². The molecule has 0 rings (SSSR count). The zero-order valence-corrected chi connectivity index (χ0v) is 7.40. The number of rotatable bonds is 2. The first kappa shape index (κ1) is 12.0. The minimum Gasteiger partial charge on any atom is -0.769 e. The molecule has 9 heavy (non-hydrogen) atoms. The normalized spacial score (nSPS) is 12.3. The van der Waals surface area contributed by atoms with Crippen LogP contribution in [0.25, 0.3) is 0 Å². The van der Waals surface area contributed by atoms with Gasteiger partial charge in [0.05, 0.1) is 0 Å². The molecule has 0 aliphatic heterocycles. The highest BCUT2D eigenvalue weighted by atomic mass is 35.5. The van der Waals surface area contributed by atoms with Crippen molar-refractivity contribution in [3.8, 4) is 0 Å². The highest BCUT2D eigenvalue weighted by Crippen LogP contribution is 2.11. The number of halogens is 1. The third-order valence-electron chi connectivity index (χ3n) is 1.78. The van der Waals surface area contributed by atoms with Gasteiger partial charge in [0, 0.05) is 0 Å². The molecule has 0 aliphatic rings. The fourth-order valence-corrected chi connectivity index (χ4v) is 0.471. The predicted octanol–water partition coefficient (Wildman–Crippen LogP) is 2.19. The van der Waals surface area contributed by atoms with Crippen molar-refractivity contribution < 1.29 is 4.66 Å². The minimum atomic E-state index is 0.866. The zero-order chi connectivity index (χ0) is 7.86. The minimum absolute atomic E-state index is 0.866. The summed E-state index contributed by atoms with van der Waals surface area (Å²) < 4.78 is 7.72. The van der Waals surface area contributed by atoms with Crippen molar-refractivity contribution in [1.82, 2.24) is 0 Å². The van der Waals surface area contributed by atoms with Gasteiger partial charge in [0.2, 0.25) is 0 Å². The largest absolute Gasteiger partial charge is 0.769 e. The quantitative estimate of drug-likeness (QED) is 0.594. The highest BCUT2D eigenvalue weighted by molar-refractivity contribution is 6.02. The van der Waals surface area contributed by atoms with Crippen LogP contribution in [0.2, 0.25) is 0 Å². The van der Waals surface area contributed by atoms with Crippen LogP contribution in [0.5, 0.6) is 0 Å². The summed E-state index contributed by atoms with van der Waals surface area (Å²) in [5.74, 6) is 1.77. The zero-order valence-electron chi connectivity index (χ0n) is 6.65. The van der Waals surface area contributed by atoms with Crippen molar-refractivity contribution in [3.63, 3.8) is 0 Å². The molecule has 0 aromatic carbocycles. The van der Waals surface area contributed by atoms with Crippen LogP contribution in [0.15, 0.2) is 0 Å². The summed E-state index contributed by atoms with van der Waals surface area (Å²) in [6.07, 6.45) is 1.32. The average molecular weight is 152 g/mol. The van der Waals surface area contributed by atoms with Gasteiger partial charge in [0.25, 0.3) is 0 Å². The van der Waals surface area contributed by atoms with Crippen LogP contribution in [0, 0.1) is 11.8 Å². The summed E-state index contributed by atoms with van der Waals surface area (Å²) in [6, 6.07) is 0. The van der Waals surface area contributed by atoms with Gasteiger partial charge in [-0.2, -0.15) is 0 Å². The van der Waals surface area contributed by atoms with E-state index in [0.29, 0.717) is 0 Å². The molecule has 0 aromatic heterocycles. The molecule has 0 heterocycles. The van der Waals surface area contributed by atoms with E-state index in [0.717, 1.165) is 11.8 Å². The van der Waals surface area contributed by atoms with Gasteiger partial charge in [0.1, 0.15) is 0 Å². The Bertz CT molecular complexity index is 46.2. The van der Waals surface area contributed by atoms with Crippen molar-refractivity contribution in [2.24, 2.45) is 11.8 Å². The Morgan fingerprint density at radius 1 is 1.22 bits per heavy atom. The maximum Gasteiger partial charge on any atom is -0.0422 e. The molecule has 0 saturated heterocycles. The van der Waals surface area contributed by atoms with Gasteiger partial charge in [-0.05, 0) is 11.8 Å². The Hall–Kier alpha value is 0.250. The maximum absolute atomic E-state index is 7.72. The molecule has 1 atom stereocenters. The standard InChI is InChI=1S/C7H16.ClO/c1-5-7(4)6(2)3;1-2/h6-7H,5H2,1-4H3;/q;-1. The van der Waals surface area contributed by atoms with Gasteiger partial charge in [0.15, 0.2) is 0 Å². The molecule has 0 spiro atoms. The van der Waals surface area contributed by atoms with Crippen LogP contribution in [-0.2, 0) is 0 Å². The molecule has 0 saturated carbocycles. The van der Waals surface area contributed by atoms with E-state index in [1.807, 2.05) is 0 Å². The first-order valence-corrected chi connectivity index (χ1v) is 3.64. The van der Waals surface area contributed by atoms with Gasteiger partial charge in [-0.15, -0.1) is 0 Å². The Balaban J connectivity index is 0. The molecule has 0 aromatic rings. The van der Waals surface area contributed by atoms with Crippen LogP contribution < -0.4 is 4.66 Å². The summed E-state index contributed by atoms with van der Waals surface area (Å²) >= 11 is 3.39. The highest BCUT2D eigenvalue weighted by Gasteiger charge is 2.01. The fraction of sp³-hybridized carbons (Fsp3) is 1.00. The lowest BCUT2D eigenvalue weighted by Gasteiger charge is -2.10. The van der Waals surface area contributed by atoms with Crippen LogP contribution in [0.3, 0.4) is 0 Å². The molecule has 2 heteroatoms. The van der Waals surface area contributed by atoms with Gasteiger partial charge in [-0.25, -0.2) is 11.9 Å². The summed E-state index contributed by atoms with van der Waals surface area (Å²) in [7, 11) is 0. The second-order valence-electron chi connectivity index (χ2n) is 2.63. The molecule has 0 N–H and O–H groups in total. The Kier molecular flexibility index (Phi) is 11.0. The van der Waals surface area contributed by atoms with Crippen molar-refractivity contribution >= 4 is 11.9 Å². The second kappa shape index (κ2) is 8.25. The first-order valence-electron chi connectivity index (χ1n) is 3.34. The van der Waals surface area contributed by atoms with Crippen molar-refractivity contribution in [2.75, 3.05) is 0 Å². The van der Waals surface area contributed by atoms with Crippen molar-refractivity contribution in [3.05, 3.63) is 0 Å². The molecule has 0 bridgehead atoms. The topological polar surface area (TPSA) is 23.1 Å². The summed E-state index contributed by atoms with van der Waals surface area (Å²) in [4.78, 5) is 0. The lowest BCUT2D eigenvalue weighted by Crippen LogP contribution is -2.00. The van der Waals surface area contributed by atoms with E-state index < -0.39 is 0 Å². The molecular weight excluding hydrogens is 136 g/mol. The SMILES string of the molecule is CCC(C)C(C)C.[O-]Cl. The van der Waals surface area contributed by atoms with E-state index in [-0.39, 0.29) is 0 Å². The molecule has 0 fully saturated rings. The van der Waals surface area contributed by atoms with Gasteiger partial charge < -0.3 is 4.66 Å². The van der Waals surface area contributed by atoms with Gasteiger partial charge in [-0.1, -0.05) is 34.1 Å². The lowest BCUT2D eigenvalue weighted by atomic mass is 9.96. The van der Waals surface area contributed by atoms with Gasteiger partial charge >= 0.3 is 0 Å². The average Bonchev–Trinajstić information content (AvgIpc) is 1.91. The fourth-order valence-electron chi connectivity index (χ4n) is 0.471. The number of hydrogen-bond donors (Lipinski definition) is 0. The molecule has 0 amide bonds. The van der Waals surface area contributed by atoms with Crippen LogP contribution in [0.1, 0.15) is 34.1 Å². The third kappa shape index (κ3) is 8.25. The van der Waals surface area contributed by atoms with E-state index >= 15 is 0 Å². The van der Waals surface area contributed by atoms with Crippen molar-refractivity contribution in [1.29, 1.82) is 0 Å². The predicted molar refractivity (Wildman–Crippen MR) is 40.1 cm³/mol. The second-order valence-corrected chi connectivity index (χ2v) is 2.63. The third-order valence-corrected chi connectivity index (χ3v) is 1.78. The van der Waals surface area contributed by atoms with Crippen LogP contribution in [-0.4, -0.2) is 0 Å². The lowest BCUT2D eigenvalue weighted by molar-refractivity contribution is -0.166. The summed E-state index contributed by atoms with van der Waals surface area (Å²) in [6.45, 7) is 9.08. The molecule has 1 nitrogen and oxygen atoms in total. The molecule has 0 radical (unpaired) electrons. The number of hydrogen-bond acceptors (Lipinski definition) is 1. The Morgan fingerprint density at radius 3 is 1.56 bits per heavy atom. The van der Waals surface area contributed by atoms with Crippen molar-refractivity contribution in [2.45, 2.75) is 34.1 Å². The monoisotopic (exact) mass is 151 g/mol. The summed E-state index contributed by atoms with van der Waals surface area (Å²) in [5.41, 5.74) is 0. The molecule has 58 valence electrons. The van der Waals surface area contributed by atoms with Crippen LogP contribution >= 0.6 is 11.9 Å². The molecule has 1 unspecified atom stereocenters. The first-order chi connectivity index (χ1) is 4.18. The van der Waals surface area contributed by atoms with Gasteiger partial charge in [-0.3, -0.25) is 0 Å². The maximum atomic E-state index is 7.72. The molecular formula is C7H16ClO-. The van der Waals surface area contributed by atoms with Crippen LogP contribution in [0.4, 0.5) is 0 Å². The molecule has 0 aliphatic carbocycles. The smallest absolute Gasteiger partial charge is 0.0422 e. The van der Waals surface area contributed by atoms with E-state index in [9.17, 15) is 0 Å². The van der Waals surface area contributed by atoms with E-state index in [1.54, 1.807) is 0 Å². The Morgan fingerprint density at radius 2 is 1.56 bits per heavy atom. The van der Waals surface area contributed by atoms with E-state index in [1.165, 1.54) is 6.42 Å². The summed E-state index contributed by atoms with van der Waals surface area (Å²) in [5, 5.41) is 0.